The van der Waals surface area contributed by atoms with E-state index in [-0.39, 0.29) is 5.69 Å². The van der Waals surface area contributed by atoms with Crippen LogP contribution in [0, 0.1) is 11.3 Å². The number of rotatable bonds is 2. The Morgan fingerprint density at radius 1 is 1.05 bits per heavy atom. The van der Waals surface area contributed by atoms with Gasteiger partial charge in [-0.2, -0.15) is 5.26 Å². The highest BCUT2D eigenvalue weighted by molar-refractivity contribution is 6.38. The van der Waals surface area contributed by atoms with Crippen LogP contribution in [0.4, 0.5) is 11.6 Å². The normalized spacial score (nSPS) is 10.2. The third-order valence-corrected chi connectivity index (χ3v) is 3.01. The fourth-order valence-electron chi connectivity index (χ4n) is 1.97. The summed E-state index contributed by atoms with van der Waals surface area (Å²) >= 11 is 0. The Kier molecular flexibility index (Phi) is 3.02. The topological polar surface area (TPSA) is 74.5 Å². The average molecular weight is 259 g/mol. The van der Waals surface area contributed by atoms with Crippen LogP contribution < -0.4 is 10.8 Å². The van der Waals surface area contributed by atoms with Crippen LogP contribution in [-0.2, 0) is 0 Å². The first-order chi connectivity index (χ1) is 9.76. The van der Waals surface area contributed by atoms with Crippen molar-refractivity contribution in [2.24, 2.45) is 0 Å². The van der Waals surface area contributed by atoms with Gasteiger partial charge in [0.1, 0.15) is 25.6 Å². The van der Waals surface area contributed by atoms with Crippen molar-refractivity contribution in [1.29, 1.82) is 5.26 Å². The van der Waals surface area contributed by atoms with E-state index in [0.29, 0.717) is 11.6 Å². The molecular formula is C14H10BN5. The van der Waals surface area contributed by atoms with Gasteiger partial charge >= 0.3 is 0 Å². The number of fused-ring (bicyclic) bond motifs is 1. The summed E-state index contributed by atoms with van der Waals surface area (Å²) in [5.41, 5.74) is 1.48. The largest absolute Gasteiger partial charge is 0.324 e. The Bertz CT molecular complexity index is 808. The van der Waals surface area contributed by atoms with Gasteiger partial charge < -0.3 is 5.32 Å². The van der Waals surface area contributed by atoms with Crippen LogP contribution in [0.15, 0.2) is 42.9 Å². The number of nitrogens with one attached hydrogen (secondary N) is 1. The smallest absolute Gasteiger partial charge is 0.158 e. The summed E-state index contributed by atoms with van der Waals surface area (Å²) in [5, 5.41) is 14.0. The maximum Gasteiger partial charge on any atom is 0.158 e. The third kappa shape index (κ3) is 2.29. The van der Waals surface area contributed by atoms with Gasteiger partial charge in [0, 0.05) is 6.20 Å². The number of anilines is 2. The lowest BCUT2D eigenvalue weighted by Crippen LogP contribution is -2.04. The molecule has 0 amide bonds. The predicted molar refractivity (Wildman–Crippen MR) is 80.0 cm³/mol. The van der Waals surface area contributed by atoms with Crippen LogP contribution in [0.1, 0.15) is 5.69 Å². The second kappa shape index (κ2) is 4.98. The zero-order valence-electron chi connectivity index (χ0n) is 10.8. The fraction of sp³-hybridized carbons (Fsp3) is 0. The van der Waals surface area contributed by atoms with Gasteiger partial charge in [-0.15, -0.1) is 0 Å². The van der Waals surface area contributed by atoms with Gasteiger partial charge in [0.2, 0.25) is 0 Å². The maximum absolute atomic E-state index is 8.68. The number of pyridine rings is 1. The van der Waals surface area contributed by atoms with Gasteiger partial charge in [-0.25, -0.2) is 15.0 Å². The van der Waals surface area contributed by atoms with Crippen molar-refractivity contribution < 1.29 is 0 Å². The van der Waals surface area contributed by atoms with Crippen molar-refractivity contribution in [3.8, 4) is 6.07 Å². The molecule has 6 heteroatoms. The SMILES string of the molecule is Bc1cccc2cc(Nc3cnc(C#N)cn3)ncc12. The molecule has 5 nitrogen and oxygen atoms in total. The quantitative estimate of drug-likeness (QED) is 0.692. The molecule has 1 N–H and O–H groups in total. The molecule has 0 spiro atoms. The van der Waals surface area contributed by atoms with Crippen molar-refractivity contribution in [1.82, 2.24) is 15.0 Å². The van der Waals surface area contributed by atoms with Crippen LogP contribution in [0.5, 0.6) is 0 Å². The molecule has 0 atom stereocenters. The van der Waals surface area contributed by atoms with Crippen LogP contribution in [0.2, 0.25) is 0 Å². The van der Waals surface area contributed by atoms with E-state index in [4.69, 9.17) is 5.26 Å². The molecule has 3 aromatic rings. The van der Waals surface area contributed by atoms with Crippen LogP contribution in [-0.4, -0.2) is 22.8 Å². The predicted octanol–water partition coefficient (Wildman–Crippen LogP) is 0.898. The number of hydrogen-bond acceptors (Lipinski definition) is 5. The van der Waals surface area contributed by atoms with Crippen molar-refractivity contribution in [2.45, 2.75) is 0 Å². The van der Waals surface area contributed by atoms with E-state index in [1.807, 2.05) is 30.5 Å². The van der Waals surface area contributed by atoms with Crippen LogP contribution in [0.3, 0.4) is 0 Å². The number of nitriles is 1. The summed E-state index contributed by atoms with van der Waals surface area (Å²) in [6.07, 6.45) is 4.78. The second-order valence-electron chi connectivity index (χ2n) is 4.39. The fourth-order valence-corrected chi connectivity index (χ4v) is 1.97. The minimum atomic E-state index is 0.289. The first-order valence-electron chi connectivity index (χ1n) is 6.11. The summed E-state index contributed by atoms with van der Waals surface area (Å²) in [5.74, 6) is 1.26. The van der Waals surface area contributed by atoms with Gasteiger partial charge in [0.05, 0.1) is 12.4 Å². The molecular weight excluding hydrogens is 249 g/mol. The van der Waals surface area contributed by atoms with Gasteiger partial charge in [0.25, 0.3) is 0 Å². The summed E-state index contributed by atoms with van der Waals surface area (Å²) in [4.78, 5) is 12.4. The molecule has 2 heterocycles. The van der Waals surface area contributed by atoms with Crippen molar-refractivity contribution in [2.75, 3.05) is 5.32 Å². The molecule has 1 aromatic carbocycles. The zero-order valence-corrected chi connectivity index (χ0v) is 10.8. The molecule has 0 aliphatic heterocycles. The van der Waals surface area contributed by atoms with Crippen molar-refractivity contribution in [3.63, 3.8) is 0 Å². The highest BCUT2D eigenvalue weighted by atomic mass is 15.1. The molecule has 94 valence electrons. The highest BCUT2D eigenvalue weighted by Crippen LogP contribution is 2.17. The Morgan fingerprint density at radius 2 is 1.90 bits per heavy atom. The maximum atomic E-state index is 8.68. The molecule has 0 aliphatic rings. The lowest BCUT2D eigenvalue weighted by Gasteiger charge is -2.06. The molecule has 2 aromatic heterocycles. The van der Waals surface area contributed by atoms with E-state index in [1.165, 1.54) is 17.9 Å². The Morgan fingerprint density at radius 3 is 2.65 bits per heavy atom. The average Bonchev–Trinajstić information content (AvgIpc) is 2.48. The molecule has 0 aliphatic carbocycles. The number of benzene rings is 1. The Hall–Kier alpha value is -2.94. The first-order valence-corrected chi connectivity index (χ1v) is 6.11. The molecule has 0 fully saturated rings. The lowest BCUT2D eigenvalue weighted by atomic mass is 9.91. The Balaban J connectivity index is 1.92. The van der Waals surface area contributed by atoms with Gasteiger partial charge in [-0.05, 0) is 16.8 Å². The molecule has 0 bridgehead atoms. The molecule has 0 saturated heterocycles. The van der Waals surface area contributed by atoms with E-state index in [0.717, 1.165) is 10.8 Å². The number of aromatic nitrogens is 3. The summed E-state index contributed by atoms with van der Waals surface area (Å²) in [7, 11) is 2.06. The van der Waals surface area contributed by atoms with Crippen molar-refractivity contribution in [3.05, 3.63) is 48.5 Å². The van der Waals surface area contributed by atoms with E-state index < -0.39 is 0 Å². The Labute approximate surface area is 116 Å². The van der Waals surface area contributed by atoms with Crippen molar-refractivity contribution >= 4 is 35.7 Å². The monoisotopic (exact) mass is 259 g/mol. The van der Waals surface area contributed by atoms with Crippen LogP contribution >= 0.6 is 0 Å². The van der Waals surface area contributed by atoms with Gasteiger partial charge in [-0.3, -0.25) is 0 Å². The minimum Gasteiger partial charge on any atom is -0.324 e. The molecule has 0 unspecified atom stereocenters. The highest BCUT2D eigenvalue weighted by Gasteiger charge is 2.02. The van der Waals surface area contributed by atoms with E-state index in [9.17, 15) is 0 Å². The second-order valence-corrected chi connectivity index (χ2v) is 4.39. The molecule has 3 rings (SSSR count). The first kappa shape index (κ1) is 12.1. The molecule has 20 heavy (non-hydrogen) atoms. The number of hydrogen-bond donors (Lipinski definition) is 1. The lowest BCUT2D eigenvalue weighted by molar-refractivity contribution is 1.15. The standard InChI is InChI=1S/C14H10BN5/c15-12-3-1-2-9-4-13(19-7-11(9)12)20-14-8-17-10(5-16)6-18-14/h1-4,6-8H,15H2,(H,18,19,20). The third-order valence-electron chi connectivity index (χ3n) is 3.01. The molecule has 0 saturated carbocycles. The van der Waals surface area contributed by atoms with E-state index in [2.05, 4.69) is 34.2 Å². The van der Waals surface area contributed by atoms with Gasteiger partial charge in [0.15, 0.2) is 5.69 Å². The zero-order chi connectivity index (χ0) is 13.9. The molecule has 0 radical (unpaired) electrons. The summed E-state index contributed by atoms with van der Waals surface area (Å²) in [6, 6.07) is 10.0. The van der Waals surface area contributed by atoms with E-state index >= 15 is 0 Å². The summed E-state index contributed by atoms with van der Waals surface area (Å²) in [6.45, 7) is 0. The minimum absolute atomic E-state index is 0.289. The summed E-state index contributed by atoms with van der Waals surface area (Å²) < 4.78 is 0. The van der Waals surface area contributed by atoms with Crippen LogP contribution in [0.25, 0.3) is 10.8 Å². The number of nitrogens with zero attached hydrogens (tertiary/aromatic N) is 4. The van der Waals surface area contributed by atoms with E-state index in [1.54, 1.807) is 0 Å². The van der Waals surface area contributed by atoms with Gasteiger partial charge in [-0.1, -0.05) is 23.7 Å².